The van der Waals surface area contributed by atoms with Crippen molar-refractivity contribution in [3.63, 3.8) is 0 Å². The van der Waals surface area contributed by atoms with Crippen molar-refractivity contribution in [2.24, 2.45) is 0 Å². The highest BCUT2D eigenvalue weighted by molar-refractivity contribution is 6.30. The van der Waals surface area contributed by atoms with Gasteiger partial charge < -0.3 is 4.52 Å². The first-order chi connectivity index (χ1) is 9.22. The number of halogens is 1. The first-order valence-corrected chi connectivity index (χ1v) is 5.99. The molecule has 3 aromatic heterocycles. The molecule has 0 amide bonds. The van der Waals surface area contributed by atoms with E-state index in [4.69, 9.17) is 16.1 Å². The van der Waals surface area contributed by atoms with Crippen molar-refractivity contribution in [3.05, 3.63) is 47.6 Å². The van der Waals surface area contributed by atoms with Crippen molar-refractivity contribution >= 4 is 11.6 Å². The van der Waals surface area contributed by atoms with Gasteiger partial charge in [-0.3, -0.25) is 9.97 Å². The lowest BCUT2D eigenvalue weighted by Gasteiger charge is -2.00. The molecule has 3 aromatic rings. The van der Waals surface area contributed by atoms with Gasteiger partial charge in [0.2, 0.25) is 11.7 Å². The Morgan fingerprint density at radius 2 is 1.79 bits per heavy atom. The minimum absolute atomic E-state index is 0.480. The zero-order chi connectivity index (χ0) is 13.2. The molecule has 0 aliphatic rings. The van der Waals surface area contributed by atoms with Crippen molar-refractivity contribution < 1.29 is 4.52 Å². The minimum Gasteiger partial charge on any atom is -0.339 e. The number of rotatable bonds is 2. The third kappa shape index (κ3) is 2.46. The molecule has 19 heavy (non-hydrogen) atoms. The lowest BCUT2D eigenvalue weighted by atomic mass is 10.2. The van der Waals surface area contributed by atoms with Crippen molar-refractivity contribution in [3.8, 4) is 22.8 Å². The molecule has 3 heterocycles. The lowest BCUT2D eigenvalue weighted by molar-refractivity contribution is 0.394. The number of aryl methyl sites for hydroxylation is 1. The van der Waals surface area contributed by atoms with Crippen LogP contribution in [0, 0.1) is 6.92 Å². The second-order valence-electron chi connectivity index (χ2n) is 3.93. The zero-order valence-corrected chi connectivity index (χ0v) is 10.8. The summed E-state index contributed by atoms with van der Waals surface area (Å²) in [5.41, 5.74) is 2.38. The van der Waals surface area contributed by atoms with E-state index < -0.39 is 0 Å². The first kappa shape index (κ1) is 11.8. The summed E-state index contributed by atoms with van der Waals surface area (Å²) < 4.78 is 4.92. The van der Waals surface area contributed by atoms with E-state index in [1.807, 2.05) is 18.2 Å². The fraction of sp³-hybridized carbons (Fsp3) is 0.0769. The third-order valence-corrected chi connectivity index (χ3v) is 2.77. The molecule has 0 atom stereocenters. The number of aromatic nitrogens is 4. The highest BCUT2D eigenvalue weighted by Crippen LogP contribution is 2.20. The molecule has 0 saturated carbocycles. The zero-order valence-electron chi connectivity index (χ0n) is 10.0. The van der Waals surface area contributed by atoms with E-state index in [-0.39, 0.29) is 0 Å². The second-order valence-corrected chi connectivity index (χ2v) is 4.37. The molecule has 0 N–H and O–H groups in total. The number of hydrogen-bond donors (Lipinski definition) is 0. The summed E-state index contributed by atoms with van der Waals surface area (Å²) >= 11 is 5.80. The predicted octanol–water partition coefficient (Wildman–Crippen LogP) is 3.16. The molecule has 0 aromatic carbocycles. The molecule has 0 aliphatic carbocycles. The van der Waals surface area contributed by atoms with E-state index in [9.17, 15) is 0 Å². The van der Waals surface area contributed by atoms with Crippen LogP contribution in [0.4, 0.5) is 0 Å². The van der Waals surface area contributed by atoms with Crippen LogP contribution in [0.25, 0.3) is 22.8 Å². The second kappa shape index (κ2) is 4.78. The Morgan fingerprint density at radius 1 is 1.00 bits per heavy atom. The molecule has 0 fully saturated rings. The van der Waals surface area contributed by atoms with E-state index in [1.165, 1.54) is 0 Å². The van der Waals surface area contributed by atoms with E-state index in [1.54, 1.807) is 25.4 Å². The average Bonchev–Trinajstić information content (AvgIpc) is 2.87. The topological polar surface area (TPSA) is 64.7 Å². The third-order valence-electron chi connectivity index (χ3n) is 2.54. The lowest BCUT2D eigenvalue weighted by Crippen LogP contribution is -1.88. The number of pyridine rings is 2. The molecule has 94 valence electrons. The van der Waals surface area contributed by atoms with Crippen molar-refractivity contribution in [2.75, 3.05) is 0 Å². The van der Waals surface area contributed by atoms with Gasteiger partial charge in [-0.25, -0.2) is 0 Å². The maximum atomic E-state index is 5.80. The van der Waals surface area contributed by atoms with Gasteiger partial charge in [-0.15, -0.1) is 0 Å². The Labute approximate surface area is 114 Å². The number of hydrogen-bond acceptors (Lipinski definition) is 5. The van der Waals surface area contributed by atoms with Gasteiger partial charge in [0.15, 0.2) is 0 Å². The molecule has 0 saturated heterocycles. The molecule has 0 radical (unpaired) electrons. The fourth-order valence-electron chi connectivity index (χ4n) is 1.63. The van der Waals surface area contributed by atoms with Crippen LogP contribution in [0.3, 0.4) is 0 Å². The summed E-state index contributed by atoms with van der Waals surface area (Å²) in [6.45, 7) is 1.74. The summed E-state index contributed by atoms with van der Waals surface area (Å²) in [6.07, 6.45) is 3.32. The molecule has 0 aliphatic heterocycles. The molecule has 6 heteroatoms. The predicted molar refractivity (Wildman–Crippen MR) is 70.5 cm³/mol. The van der Waals surface area contributed by atoms with Gasteiger partial charge in [0.05, 0.1) is 10.7 Å². The van der Waals surface area contributed by atoms with Crippen LogP contribution < -0.4 is 0 Å². The van der Waals surface area contributed by atoms with Crippen LogP contribution in [0.15, 0.2) is 41.2 Å². The van der Waals surface area contributed by atoms with Crippen LogP contribution >= 0.6 is 11.6 Å². The molecule has 5 nitrogen and oxygen atoms in total. The summed E-state index contributed by atoms with van der Waals surface area (Å²) in [4.78, 5) is 12.7. The molecule has 0 unspecified atom stereocenters. The fourth-order valence-corrected chi connectivity index (χ4v) is 1.74. The van der Waals surface area contributed by atoms with E-state index >= 15 is 0 Å². The summed E-state index contributed by atoms with van der Waals surface area (Å²) in [7, 11) is 0. The molecule has 0 spiro atoms. The molecular weight excluding hydrogens is 264 g/mol. The smallest absolute Gasteiger partial charge is 0.223 e. The average molecular weight is 273 g/mol. The Balaban J connectivity index is 1.92. The Hall–Kier alpha value is -2.27. The Morgan fingerprint density at radius 3 is 2.37 bits per heavy atom. The van der Waals surface area contributed by atoms with Crippen LogP contribution in [-0.2, 0) is 0 Å². The normalized spacial score (nSPS) is 10.6. The van der Waals surface area contributed by atoms with Crippen molar-refractivity contribution in [1.82, 2.24) is 20.1 Å². The summed E-state index contributed by atoms with van der Waals surface area (Å²) in [6, 6.07) is 7.37. The maximum Gasteiger partial charge on any atom is 0.223 e. The van der Waals surface area contributed by atoms with Gasteiger partial charge in [0.1, 0.15) is 5.69 Å². The van der Waals surface area contributed by atoms with Crippen LogP contribution in [-0.4, -0.2) is 20.1 Å². The maximum absolute atomic E-state index is 5.80. The van der Waals surface area contributed by atoms with Gasteiger partial charge in [0.25, 0.3) is 0 Å². The van der Waals surface area contributed by atoms with Crippen LogP contribution in [0.5, 0.6) is 0 Å². The Bertz CT molecular complexity index is 691. The number of nitrogens with zero attached hydrogens (tertiary/aromatic N) is 4. The Kier molecular flexibility index (Phi) is 2.97. The highest BCUT2D eigenvalue weighted by Gasteiger charge is 2.07. The van der Waals surface area contributed by atoms with Crippen molar-refractivity contribution in [2.45, 2.75) is 6.92 Å². The van der Waals surface area contributed by atoms with Crippen LogP contribution in [0.2, 0.25) is 5.02 Å². The molecule has 0 bridgehead atoms. The SMILES string of the molecule is Cc1nc(-c2ccc(-c3ccc(Cl)cn3)cn2)no1. The van der Waals surface area contributed by atoms with Gasteiger partial charge in [-0.1, -0.05) is 16.8 Å². The largest absolute Gasteiger partial charge is 0.339 e. The highest BCUT2D eigenvalue weighted by atomic mass is 35.5. The summed E-state index contributed by atoms with van der Waals surface area (Å²) in [5.74, 6) is 0.994. The quantitative estimate of drug-likeness (QED) is 0.717. The summed E-state index contributed by atoms with van der Waals surface area (Å²) in [5, 5.41) is 4.43. The molecule has 3 rings (SSSR count). The van der Waals surface area contributed by atoms with Gasteiger partial charge in [-0.05, 0) is 24.3 Å². The van der Waals surface area contributed by atoms with Crippen molar-refractivity contribution in [1.29, 1.82) is 0 Å². The van der Waals surface area contributed by atoms with Crippen LogP contribution in [0.1, 0.15) is 5.89 Å². The first-order valence-electron chi connectivity index (χ1n) is 5.61. The monoisotopic (exact) mass is 272 g/mol. The standard InChI is InChI=1S/C13H9ClN4O/c1-8-17-13(18-19-8)12-4-2-9(6-15-12)11-5-3-10(14)7-16-11/h2-7H,1H3. The van der Waals surface area contributed by atoms with E-state index in [0.29, 0.717) is 22.4 Å². The minimum atomic E-state index is 0.480. The molecular formula is C13H9ClN4O. The van der Waals surface area contributed by atoms with Gasteiger partial charge in [-0.2, -0.15) is 4.98 Å². The van der Waals surface area contributed by atoms with E-state index in [2.05, 4.69) is 20.1 Å². The van der Waals surface area contributed by atoms with Gasteiger partial charge in [0, 0.05) is 24.9 Å². The van der Waals surface area contributed by atoms with E-state index in [0.717, 1.165) is 11.3 Å². The van der Waals surface area contributed by atoms with Gasteiger partial charge >= 0.3 is 0 Å².